The smallest absolute Gasteiger partial charge is 0.265 e. The van der Waals surface area contributed by atoms with Gasteiger partial charge in [-0.05, 0) is 12.1 Å². The van der Waals surface area contributed by atoms with Crippen LogP contribution in [0.1, 0.15) is 0 Å². The van der Waals surface area contributed by atoms with Crippen LogP contribution in [0.4, 0.5) is 5.69 Å². The number of nitrogens with zero attached hydrogens (tertiary/aromatic N) is 1. The van der Waals surface area contributed by atoms with E-state index >= 15 is 0 Å². The van der Waals surface area contributed by atoms with Crippen molar-refractivity contribution in [3.8, 4) is 5.75 Å². The first-order valence-corrected chi connectivity index (χ1v) is 5.53. The molecule has 0 saturated heterocycles. The van der Waals surface area contributed by atoms with Gasteiger partial charge in [-0.3, -0.25) is 4.79 Å². The van der Waals surface area contributed by atoms with E-state index in [-0.39, 0.29) is 12.5 Å². The Hall–Kier alpha value is -1.03. The van der Waals surface area contributed by atoms with Crippen LogP contribution in [0.25, 0.3) is 0 Å². The maximum atomic E-state index is 11.5. The third kappa shape index (κ3) is 1.62. The third-order valence-electron chi connectivity index (χ3n) is 2.12. The first-order valence-electron chi connectivity index (χ1n) is 4.41. The molecule has 3 nitrogen and oxygen atoms in total. The maximum Gasteiger partial charge on any atom is 0.265 e. The van der Waals surface area contributed by atoms with Crippen LogP contribution in [0.2, 0.25) is 0 Å². The number of rotatable bonds is 2. The number of hydrogen-bond acceptors (Lipinski definition) is 2. The van der Waals surface area contributed by atoms with Crippen molar-refractivity contribution in [2.75, 3.05) is 23.4 Å². The van der Waals surface area contributed by atoms with E-state index in [1.807, 2.05) is 24.3 Å². The molecule has 0 fully saturated rings. The topological polar surface area (TPSA) is 29.5 Å². The molecule has 0 N–H and O–H groups in total. The van der Waals surface area contributed by atoms with Crippen molar-refractivity contribution in [2.24, 2.45) is 0 Å². The number of carbonyl (C=O) groups excluding carboxylic acids is 1. The maximum absolute atomic E-state index is 11.5. The van der Waals surface area contributed by atoms with E-state index in [0.717, 1.165) is 16.8 Å². The van der Waals surface area contributed by atoms with Crippen molar-refractivity contribution < 1.29 is 9.53 Å². The second kappa shape index (κ2) is 4.00. The zero-order valence-corrected chi connectivity index (χ0v) is 9.16. The second-order valence-corrected chi connectivity index (χ2v) is 3.78. The summed E-state index contributed by atoms with van der Waals surface area (Å²) in [6.07, 6.45) is 0. The number of halogens is 1. The summed E-state index contributed by atoms with van der Waals surface area (Å²) < 4.78 is 5.31. The number of para-hydroxylation sites is 2. The Balaban J connectivity index is 2.36. The minimum Gasteiger partial charge on any atom is -0.482 e. The molecular formula is C10H10BrNO2. The first-order chi connectivity index (χ1) is 6.83. The molecule has 1 aromatic carbocycles. The van der Waals surface area contributed by atoms with Gasteiger partial charge in [0, 0.05) is 11.9 Å². The molecular weight excluding hydrogens is 246 g/mol. The number of ether oxygens (including phenoxy) is 1. The first kappa shape index (κ1) is 9.52. The van der Waals surface area contributed by atoms with Crippen molar-refractivity contribution in [2.45, 2.75) is 0 Å². The van der Waals surface area contributed by atoms with Crippen molar-refractivity contribution in [1.29, 1.82) is 0 Å². The summed E-state index contributed by atoms with van der Waals surface area (Å²) in [6.45, 7) is 0.823. The molecule has 0 aliphatic carbocycles. The van der Waals surface area contributed by atoms with Crippen LogP contribution in [0.3, 0.4) is 0 Å². The molecule has 1 heterocycles. The number of hydrogen-bond donors (Lipinski definition) is 0. The van der Waals surface area contributed by atoms with Crippen LogP contribution in [0.15, 0.2) is 24.3 Å². The normalized spacial score (nSPS) is 14.9. The molecule has 0 aromatic heterocycles. The number of carbonyl (C=O) groups is 1. The van der Waals surface area contributed by atoms with Gasteiger partial charge in [-0.1, -0.05) is 28.1 Å². The molecule has 1 aromatic rings. The predicted molar refractivity (Wildman–Crippen MR) is 58.1 cm³/mol. The molecule has 1 aliphatic rings. The highest BCUT2D eigenvalue weighted by Gasteiger charge is 2.23. The number of fused-ring (bicyclic) bond motifs is 1. The van der Waals surface area contributed by atoms with Crippen LogP contribution in [0.5, 0.6) is 5.75 Å². The Morgan fingerprint density at radius 1 is 1.43 bits per heavy atom. The lowest BCUT2D eigenvalue weighted by Gasteiger charge is -2.28. The van der Waals surface area contributed by atoms with Crippen molar-refractivity contribution in [3.05, 3.63) is 24.3 Å². The van der Waals surface area contributed by atoms with E-state index in [2.05, 4.69) is 15.9 Å². The fraction of sp³-hybridized carbons (Fsp3) is 0.300. The highest BCUT2D eigenvalue weighted by Crippen LogP contribution is 2.31. The summed E-state index contributed by atoms with van der Waals surface area (Å²) in [6, 6.07) is 7.58. The van der Waals surface area contributed by atoms with Crippen LogP contribution >= 0.6 is 15.9 Å². The summed E-state index contributed by atoms with van der Waals surface area (Å²) in [5.74, 6) is 0.802. The average molecular weight is 256 g/mol. The predicted octanol–water partition coefficient (Wildman–Crippen LogP) is 1.81. The Morgan fingerprint density at radius 2 is 2.21 bits per heavy atom. The fourth-order valence-corrected chi connectivity index (χ4v) is 1.84. The molecule has 1 amide bonds. The van der Waals surface area contributed by atoms with Gasteiger partial charge in [0.15, 0.2) is 6.61 Å². The number of alkyl halides is 1. The van der Waals surface area contributed by atoms with Gasteiger partial charge in [0.2, 0.25) is 0 Å². The fourth-order valence-electron chi connectivity index (χ4n) is 1.48. The minimum absolute atomic E-state index is 0.0168. The van der Waals surface area contributed by atoms with Crippen molar-refractivity contribution >= 4 is 27.5 Å². The van der Waals surface area contributed by atoms with Crippen LogP contribution in [0, 0.1) is 0 Å². The van der Waals surface area contributed by atoms with E-state index in [1.165, 1.54) is 0 Å². The lowest BCUT2D eigenvalue weighted by atomic mass is 10.2. The Labute approximate surface area is 90.8 Å². The number of benzene rings is 1. The van der Waals surface area contributed by atoms with E-state index in [1.54, 1.807) is 4.90 Å². The minimum atomic E-state index is 0.0168. The van der Waals surface area contributed by atoms with Gasteiger partial charge in [0.05, 0.1) is 5.69 Å². The van der Waals surface area contributed by atoms with Gasteiger partial charge in [-0.15, -0.1) is 0 Å². The van der Waals surface area contributed by atoms with Gasteiger partial charge in [0.25, 0.3) is 5.91 Å². The summed E-state index contributed by atoms with van der Waals surface area (Å²) in [5, 5.41) is 0.771. The Bertz CT molecular complexity index is 354. The molecule has 0 bridgehead atoms. The molecule has 4 heteroatoms. The molecule has 0 spiro atoms. The van der Waals surface area contributed by atoms with Crippen molar-refractivity contribution in [1.82, 2.24) is 0 Å². The number of amides is 1. The standard InChI is InChI=1S/C10H10BrNO2/c11-5-6-12-8-3-1-2-4-9(8)14-7-10(12)13/h1-4H,5-7H2. The van der Waals surface area contributed by atoms with Crippen molar-refractivity contribution in [3.63, 3.8) is 0 Å². The quantitative estimate of drug-likeness (QED) is 0.755. The second-order valence-electron chi connectivity index (χ2n) is 2.99. The molecule has 2 rings (SSSR count). The van der Waals surface area contributed by atoms with Gasteiger partial charge >= 0.3 is 0 Å². The molecule has 74 valence electrons. The average Bonchev–Trinajstić information content (AvgIpc) is 2.23. The largest absolute Gasteiger partial charge is 0.482 e. The molecule has 0 unspecified atom stereocenters. The van der Waals surface area contributed by atoms with E-state index < -0.39 is 0 Å². The SMILES string of the molecule is O=C1COc2ccccc2N1CCBr. The van der Waals surface area contributed by atoms with E-state index in [4.69, 9.17) is 4.74 Å². The van der Waals surface area contributed by atoms with E-state index in [9.17, 15) is 4.79 Å². The van der Waals surface area contributed by atoms with Gasteiger partial charge in [-0.25, -0.2) is 0 Å². The Morgan fingerprint density at radius 3 is 3.00 bits per heavy atom. The molecule has 0 saturated carbocycles. The third-order valence-corrected chi connectivity index (χ3v) is 2.47. The summed E-state index contributed by atoms with van der Waals surface area (Å²) >= 11 is 3.33. The lowest BCUT2D eigenvalue weighted by molar-refractivity contribution is -0.121. The number of anilines is 1. The molecule has 0 atom stereocenters. The monoisotopic (exact) mass is 255 g/mol. The van der Waals surface area contributed by atoms with Crippen LogP contribution < -0.4 is 9.64 Å². The Kier molecular flexibility index (Phi) is 2.72. The summed E-state index contributed by atoms with van der Waals surface area (Å²) in [4.78, 5) is 13.3. The molecule has 1 aliphatic heterocycles. The highest BCUT2D eigenvalue weighted by atomic mass is 79.9. The van der Waals surface area contributed by atoms with Gasteiger partial charge in [-0.2, -0.15) is 0 Å². The lowest BCUT2D eigenvalue weighted by Crippen LogP contribution is -2.39. The summed E-state index contributed by atoms with van der Waals surface area (Å²) in [7, 11) is 0. The highest BCUT2D eigenvalue weighted by molar-refractivity contribution is 9.09. The van der Waals surface area contributed by atoms with E-state index in [0.29, 0.717) is 6.54 Å². The summed E-state index contributed by atoms with van der Waals surface area (Å²) in [5.41, 5.74) is 0.864. The molecule has 0 radical (unpaired) electrons. The zero-order valence-electron chi connectivity index (χ0n) is 7.57. The molecule has 14 heavy (non-hydrogen) atoms. The van der Waals surface area contributed by atoms with Gasteiger partial charge in [0.1, 0.15) is 5.75 Å². The van der Waals surface area contributed by atoms with Crippen LogP contribution in [-0.2, 0) is 4.79 Å². The van der Waals surface area contributed by atoms with Crippen LogP contribution in [-0.4, -0.2) is 24.4 Å². The van der Waals surface area contributed by atoms with Gasteiger partial charge < -0.3 is 9.64 Å². The zero-order chi connectivity index (χ0) is 9.97.